The van der Waals surface area contributed by atoms with Gasteiger partial charge in [-0.2, -0.15) is 0 Å². The molecule has 0 unspecified atom stereocenters. The molecule has 5 nitrogen and oxygen atoms in total. The lowest BCUT2D eigenvalue weighted by Gasteiger charge is -2.17. The molecule has 2 aromatic carbocycles. The molecule has 0 aromatic heterocycles. The Morgan fingerprint density at radius 3 is 2.58 bits per heavy atom. The van der Waals surface area contributed by atoms with Crippen molar-refractivity contribution in [1.82, 2.24) is 10.2 Å². The second-order valence-electron chi connectivity index (χ2n) is 5.88. The summed E-state index contributed by atoms with van der Waals surface area (Å²) in [7, 11) is 3.73. The molecule has 0 radical (unpaired) electrons. The molecule has 0 bridgehead atoms. The van der Waals surface area contributed by atoms with Crippen LogP contribution in [0.1, 0.15) is 22.3 Å². The maximum atomic E-state index is 11.6. The fourth-order valence-corrected chi connectivity index (χ4v) is 2.56. The van der Waals surface area contributed by atoms with Crippen LogP contribution in [0.3, 0.4) is 0 Å². The summed E-state index contributed by atoms with van der Waals surface area (Å²) in [5, 5.41) is 5.93. The number of carbonyl (C=O) groups is 1. The van der Waals surface area contributed by atoms with E-state index in [9.17, 15) is 4.79 Å². The molecular weight excluding hydrogens is 300 g/mol. The molecule has 1 amide bonds. The van der Waals surface area contributed by atoms with E-state index in [0.29, 0.717) is 11.3 Å². The van der Waals surface area contributed by atoms with Gasteiger partial charge in [-0.3, -0.25) is 4.79 Å². The summed E-state index contributed by atoms with van der Waals surface area (Å²) in [6, 6.07) is 15.8. The number of carbonyl (C=O) groups excluding carboxylic acids is 1. The number of hydrogen-bond donors (Lipinski definition) is 3. The molecule has 2 aromatic rings. The molecule has 0 fully saturated rings. The van der Waals surface area contributed by atoms with E-state index in [1.807, 2.05) is 12.1 Å². The number of nitrogen functional groups attached to an aromatic ring is 1. The number of nitrogens with zero attached hydrogens (tertiary/aromatic N) is 1. The quantitative estimate of drug-likeness (QED) is 0.515. The summed E-state index contributed by atoms with van der Waals surface area (Å²) in [6.07, 6.45) is 1.01. The first-order valence-corrected chi connectivity index (χ1v) is 8.18. The zero-order chi connectivity index (χ0) is 17.4. The van der Waals surface area contributed by atoms with Crippen molar-refractivity contribution in [2.24, 2.45) is 0 Å². The van der Waals surface area contributed by atoms with Crippen LogP contribution in [0.15, 0.2) is 48.5 Å². The number of nitrogens with two attached hydrogens (primary N) is 1. The Hall–Kier alpha value is -2.53. The summed E-state index contributed by atoms with van der Waals surface area (Å²) in [4.78, 5) is 13.9. The topological polar surface area (TPSA) is 70.4 Å². The van der Waals surface area contributed by atoms with Crippen molar-refractivity contribution in [2.45, 2.75) is 13.0 Å². The first kappa shape index (κ1) is 17.8. The summed E-state index contributed by atoms with van der Waals surface area (Å²) >= 11 is 0. The minimum absolute atomic E-state index is 0.129. The Bertz CT molecular complexity index is 658. The number of rotatable bonds is 8. The summed E-state index contributed by atoms with van der Waals surface area (Å²) in [5.74, 6) is -0.129. The van der Waals surface area contributed by atoms with Gasteiger partial charge < -0.3 is 21.3 Å². The van der Waals surface area contributed by atoms with Gasteiger partial charge in [0.05, 0.1) is 11.4 Å². The van der Waals surface area contributed by atoms with Crippen molar-refractivity contribution >= 4 is 17.3 Å². The number of benzene rings is 2. The zero-order valence-electron chi connectivity index (χ0n) is 14.4. The lowest BCUT2D eigenvalue weighted by atomic mass is 10.1. The second kappa shape index (κ2) is 8.93. The molecular formula is C19H26N4O. The predicted molar refractivity (Wildman–Crippen MR) is 100 cm³/mol. The smallest absolute Gasteiger partial charge is 0.251 e. The van der Waals surface area contributed by atoms with Gasteiger partial charge in [-0.05, 0) is 43.8 Å². The summed E-state index contributed by atoms with van der Waals surface area (Å²) in [5.41, 5.74) is 9.36. The summed E-state index contributed by atoms with van der Waals surface area (Å²) < 4.78 is 0. The van der Waals surface area contributed by atoms with Crippen LogP contribution < -0.4 is 16.4 Å². The Labute approximate surface area is 143 Å². The Morgan fingerprint density at radius 2 is 1.92 bits per heavy atom. The summed E-state index contributed by atoms with van der Waals surface area (Å²) in [6.45, 7) is 2.78. The van der Waals surface area contributed by atoms with Crippen LogP contribution in [-0.4, -0.2) is 38.0 Å². The third kappa shape index (κ3) is 5.28. The molecule has 0 aliphatic carbocycles. The fourth-order valence-electron chi connectivity index (χ4n) is 2.56. The number of anilines is 2. The highest BCUT2D eigenvalue weighted by molar-refractivity contribution is 5.95. The number of amides is 1. The molecule has 128 valence electrons. The van der Waals surface area contributed by atoms with Crippen LogP contribution in [0.5, 0.6) is 0 Å². The average molecular weight is 326 g/mol. The third-order valence-electron chi connectivity index (χ3n) is 3.87. The highest BCUT2D eigenvalue weighted by atomic mass is 16.1. The van der Waals surface area contributed by atoms with Crippen molar-refractivity contribution in [1.29, 1.82) is 0 Å². The van der Waals surface area contributed by atoms with Crippen LogP contribution in [-0.2, 0) is 6.54 Å². The molecule has 4 N–H and O–H groups in total. The normalized spacial score (nSPS) is 10.6. The number of hydrogen-bond acceptors (Lipinski definition) is 4. The fraction of sp³-hybridized carbons (Fsp3) is 0.316. The molecule has 24 heavy (non-hydrogen) atoms. The highest BCUT2D eigenvalue weighted by Gasteiger charge is 2.06. The van der Waals surface area contributed by atoms with Crippen LogP contribution in [0, 0.1) is 0 Å². The van der Waals surface area contributed by atoms with Gasteiger partial charge in [-0.15, -0.1) is 0 Å². The molecule has 0 saturated heterocycles. The Balaban J connectivity index is 1.75. The van der Waals surface area contributed by atoms with E-state index in [1.54, 1.807) is 19.2 Å². The van der Waals surface area contributed by atoms with Gasteiger partial charge in [0.25, 0.3) is 5.91 Å². The molecule has 0 heterocycles. The largest absolute Gasteiger partial charge is 0.397 e. The van der Waals surface area contributed by atoms with E-state index in [4.69, 9.17) is 5.73 Å². The van der Waals surface area contributed by atoms with Gasteiger partial charge in [0, 0.05) is 25.7 Å². The van der Waals surface area contributed by atoms with Crippen molar-refractivity contribution < 1.29 is 4.79 Å². The van der Waals surface area contributed by atoms with Gasteiger partial charge in [0.1, 0.15) is 0 Å². The van der Waals surface area contributed by atoms with E-state index in [-0.39, 0.29) is 5.91 Å². The van der Waals surface area contributed by atoms with Gasteiger partial charge in [0.2, 0.25) is 0 Å². The molecule has 2 rings (SSSR count). The van der Waals surface area contributed by atoms with Crippen LogP contribution in [0.4, 0.5) is 11.4 Å². The number of nitrogens with one attached hydrogen (secondary N) is 2. The van der Waals surface area contributed by atoms with Crippen LogP contribution in [0.2, 0.25) is 0 Å². The van der Waals surface area contributed by atoms with Crippen LogP contribution in [0.25, 0.3) is 0 Å². The molecule has 0 atom stereocenters. The maximum absolute atomic E-state index is 11.6. The van der Waals surface area contributed by atoms with E-state index >= 15 is 0 Å². The first-order chi connectivity index (χ1) is 11.6. The molecule has 0 spiro atoms. The SMILES string of the molecule is CNC(=O)c1ccc(NCCCN(C)Cc2ccccc2)c(N)c1. The van der Waals surface area contributed by atoms with E-state index in [2.05, 4.69) is 46.8 Å². The van der Waals surface area contributed by atoms with Gasteiger partial charge in [-0.25, -0.2) is 0 Å². The maximum Gasteiger partial charge on any atom is 0.251 e. The Kier molecular flexibility index (Phi) is 6.63. The van der Waals surface area contributed by atoms with E-state index < -0.39 is 0 Å². The second-order valence-corrected chi connectivity index (χ2v) is 5.88. The van der Waals surface area contributed by atoms with Crippen LogP contribution >= 0.6 is 0 Å². The minimum Gasteiger partial charge on any atom is -0.397 e. The lowest BCUT2D eigenvalue weighted by Crippen LogP contribution is -2.21. The minimum atomic E-state index is -0.129. The van der Waals surface area contributed by atoms with Gasteiger partial charge in [0.15, 0.2) is 0 Å². The van der Waals surface area contributed by atoms with Crippen molar-refractivity contribution in [3.8, 4) is 0 Å². The van der Waals surface area contributed by atoms with Gasteiger partial charge >= 0.3 is 0 Å². The van der Waals surface area contributed by atoms with E-state index in [1.165, 1.54) is 5.56 Å². The monoisotopic (exact) mass is 326 g/mol. The molecule has 0 aliphatic heterocycles. The Morgan fingerprint density at radius 1 is 1.17 bits per heavy atom. The lowest BCUT2D eigenvalue weighted by molar-refractivity contribution is 0.0963. The van der Waals surface area contributed by atoms with Crippen molar-refractivity contribution in [3.05, 3.63) is 59.7 Å². The van der Waals surface area contributed by atoms with E-state index in [0.717, 1.165) is 31.7 Å². The predicted octanol–water partition coefficient (Wildman–Crippen LogP) is 2.56. The average Bonchev–Trinajstić information content (AvgIpc) is 2.60. The van der Waals surface area contributed by atoms with Crippen molar-refractivity contribution in [2.75, 3.05) is 38.2 Å². The highest BCUT2D eigenvalue weighted by Crippen LogP contribution is 2.19. The van der Waals surface area contributed by atoms with Crippen molar-refractivity contribution in [3.63, 3.8) is 0 Å². The van der Waals surface area contributed by atoms with Gasteiger partial charge in [-0.1, -0.05) is 30.3 Å². The standard InChI is InChI=1S/C19H26N4O/c1-21-19(24)16-9-10-18(17(20)13-16)22-11-6-12-23(2)14-15-7-4-3-5-8-15/h3-5,7-10,13,22H,6,11-12,14,20H2,1-2H3,(H,21,24). The first-order valence-electron chi connectivity index (χ1n) is 8.18. The third-order valence-corrected chi connectivity index (χ3v) is 3.87. The molecule has 5 heteroatoms. The zero-order valence-corrected chi connectivity index (χ0v) is 14.4. The molecule has 0 saturated carbocycles. The molecule has 0 aliphatic rings.